The van der Waals surface area contributed by atoms with Crippen LogP contribution in [0, 0.1) is 0 Å². The number of hydrogen-bond acceptors (Lipinski definition) is 3. The molecule has 1 unspecified atom stereocenters. The van der Waals surface area contributed by atoms with Crippen LogP contribution in [0.15, 0.2) is 4.60 Å². The summed E-state index contributed by atoms with van der Waals surface area (Å²) in [5.74, 6) is 0. The van der Waals surface area contributed by atoms with Crippen LogP contribution < -0.4 is 5.73 Å². The van der Waals surface area contributed by atoms with Crippen molar-refractivity contribution in [1.29, 1.82) is 0 Å². The monoisotopic (exact) mass is 218 g/mol. The lowest BCUT2D eigenvalue weighted by Crippen LogP contribution is -2.13. The Kier molecular flexibility index (Phi) is 2.62. The molecule has 0 spiro atoms. The summed E-state index contributed by atoms with van der Waals surface area (Å²) in [6.45, 7) is 2.03. The fourth-order valence-electron chi connectivity index (χ4n) is 0.926. The van der Waals surface area contributed by atoms with E-state index in [1.165, 1.54) is 0 Å². The predicted molar refractivity (Wildman–Crippen MR) is 45.9 cm³/mol. The SMILES string of the molecule is CCC(N)c1c(Br)nnn1C. The van der Waals surface area contributed by atoms with Gasteiger partial charge in [-0.1, -0.05) is 12.1 Å². The maximum absolute atomic E-state index is 5.81. The first-order valence-electron chi connectivity index (χ1n) is 3.47. The topological polar surface area (TPSA) is 56.7 Å². The Hall–Kier alpha value is -0.420. The molecule has 0 aliphatic carbocycles. The van der Waals surface area contributed by atoms with Crippen LogP contribution in [0.1, 0.15) is 25.1 Å². The van der Waals surface area contributed by atoms with Crippen LogP contribution in [0.25, 0.3) is 0 Å². The van der Waals surface area contributed by atoms with Crippen molar-refractivity contribution in [2.24, 2.45) is 12.8 Å². The van der Waals surface area contributed by atoms with Gasteiger partial charge in [0.2, 0.25) is 0 Å². The highest BCUT2D eigenvalue weighted by Crippen LogP contribution is 2.19. The molecule has 0 saturated carbocycles. The zero-order valence-corrected chi connectivity index (χ0v) is 8.17. The Bertz CT molecular complexity index is 225. The highest BCUT2D eigenvalue weighted by Gasteiger charge is 2.13. The number of rotatable bonds is 2. The van der Waals surface area contributed by atoms with Gasteiger partial charge in [0.05, 0.1) is 5.69 Å². The molecule has 0 bridgehead atoms. The number of hydrogen-bond donors (Lipinski definition) is 1. The van der Waals surface area contributed by atoms with Crippen LogP contribution in [-0.2, 0) is 7.05 Å². The summed E-state index contributed by atoms with van der Waals surface area (Å²) in [7, 11) is 1.84. The first kappa shape index (κ1) is 8.67. The summed E-state index contributed by atoms with van der Waals surface area (Å²) in [5.41, 5.74) is 6.76. The minimum Gasteiger partial charge on any atom is -0.323 e. The van der Waals surface area contributed by atoms with Gasteiger partial charge in [-0.25, -0.2) is 4.68 Å². The van der Waals surface area contributed by atoms with Crippen molar-refractivity contribution in [2.45, 2.75) is 19.4 Å². The molecular formula is C6H11BrN4. The molecule has 1 aromatic heterocycles. The third-order valence-electron chi connectivity index (χ3n) is 1.62. The highest BCUT2D eigenvalue weighted by molar-refractivity contribution is 9.10. The Morgan fingerprint density at radius 3 is 2.73 bits per heavy atom. The van der Waals surface area contributed by atoms with Crippen molar-refractivity contribution < 1.29 is 0 Å². The van der Waals surface area contributed by atoms with E-state index in [1.54, 1.807) is 4.68 Å². The van der Waals surface area contributed by atoms with Crippen molar-refractivity contribution >= 4 is 15.9 Å². The van der Waals surface area contributed by atoms with Crippen molar-refractivity contribution in [3.05, 3.63) is 10.3 Å². The van der Waals surface area contributed by atoms with Gasteiger partial charge in [0.1, 0.15) is 0 Å². The molecule has 0 saturated heterocycles. The third-order valence-corrected chi connectivity index (χ3v) is 2.18. The second-order valence-electron chi connectivity index (χ2n) is 2.40. The van der Waals surface area contributed by atoms with Crippen LogP contribution >= 0.6 is 15.9 Å². The van der Waals surface area contributed by atoms with Gasteiger partial charge in [0.25, 0.3) is 0 Å². The van der Waals surface area contributed by atoms with Gasteiger partial charge in [-0.15, -0.1) is 5.10 Å². The quantitative estimate of drug-likeness (QED) is 0.806. The second-order valence-corrected chi connectivity index (χ2v) is 3.15. The number of aryl methyl sites for hydroxylation is 1. The molecule has 0 aliphatic rings. The molecule has 0 radical (unpaired) electrons. The van der Waals surface area contributed by atoms with E-state index in [2.05, 4.69) is 26.2 Å². The fraction of sp³-hybridized carbons (Fsp3) is 0.667. The van der Waals surface area contributed by atoms with Crippen molar-refractivity contribution in [2.75, 3.05) is 0 Å². The van der Waals surface area contributed by atoms with Gasteiger partial charge in [-0.3, -0.25) is 0 Å². The van der Waals surface area contributed by atoms with E-state index in [-0.39, 0.29) is 6.04 Å². The van der Waals surface area contributed by atoms with Crippen molar-refractivity contribution in [3.63, 3.8) is 0 Å². The van der Waals surface area contributed by atoms with Crippen LogP contribution in [0.4, 0.5) is 0 Å². The number of nitrogens with two attached hydrogens (primary N) is 1. The van der Waals surface area contributed by atoms with Gasteiger partial charge in [0.15, 0.2) is 4.60 Å². The van der Waals surface area contributed by atoms with Gasteiger partial charge in [-0.05, 0) is 22.4 Å². The molecule has 0 aromatic carbocycles. The van der Waals surface area contributed by atoms with E-state index < -0.39 is 0 Å². The standard InChI is InChI=1S/C6H11BrN4/c1-3-4(8)5-6(7)9-10-11(5)2/h4H,3,8H2,1-2H3. The van der Waals surface area contributed by atoms with E-state index in [0.717, 1.165) is 16.7 Å². The lowest BCUT2D eigenvalue weighted by Gasteiger charge is -2.07. The molecule has 1 aromatic rings. The molecule has 0 fully saturated rings. The number of aromatic nitrogens is 3. The zero-order valence-electron chi connectivity index (χ0n) is 6.58. The van der Waals surface area contributed by atoms with Crippen LogP contribution in [0.2, 0.25) is 0 Å². The van der Waals surface area contributed by atoms with Gasteiger partial charge >= 0.3 is 0 Å². The Morgan fingerprint density at radius 2 is 2.36 bits per heavy atom. The molecule has 1 rings (SSSR count). The summed E-state index contributed by atoms with van der Waals surface area (Å²) >= 11 is 3.28. The first-order chi connectivity index (χ1) is 5.16. The van der Waals surface area contributed by atoms with E-state index >= 15 is 0 Å². The summed E-state index contributed by atoms with van der Waals surface area (Å²) in [5, 5.41) is 7.66. The molecule has 2 N–H and O–H groups in total. The number of nitrogens with zero attached hydrogens (tertiary/aromatic N) is 3. The third kappa shape index (κ3) is 1.59. The summed E-state index contributed by atoms with van der Waals surface area (Å²) < 4.78 is 2.44. The maximum Gasteiger partial charge on any atom is 0.153 e. The molecule has 5 heteroatoms. The van der Waals surface area contributed by atoms with Crippen molar-refractivity contribution in [1.82, 2.24) is 15.0 Å². The van der Waals surface area contributed by atoms with E-state index in [4.69, 9.17) is 5.73 Å². The molecule has 1 atom stereocenters. The minimum atomic E-state index is 0.0179. The molecule has 0 aliphatic heterocycles. The molecule has 4 nitrogen and oxygen atoms in total. The van der Waals surface area contributed by atoms with Crippen LogP contribution in [0.3, 0.4) is 0 Å². The largest absolute Gasteiger partial charge is 0.323 e. The van der Waals surface area contributed by atoms with Crippen LogP contribution in [0.5, 0.6) is 0 Å². The summed E-state index contributed by atoms with van der Waals surface area (Å²) in [6, 6.07) is 0.0179. The van der Waals surface area contributed by atoms with E-state index in [9.17, 15) is 0 Å². The summed E-state index contributed by atoms with van der Waals surface area (Å²) in [4.78, 5) is 0. The Balaban J connectivity index is 3.00. The highest BCUT2D eigenvalue weighted by atomic mass is 79.9. The minimum absolute atomic E-state index is 0.0179. The zero-order chi connectivity index (χ0) is 8.43. The smallest absolute Gasteiger partial charge is 0.153 e. The predicted octanol–water partition coefficient (Wildman–Crippen LogP) is 0.987. The molecule has 11 heavy (non-hydrogen) atoms. The van der Waals surface area contributed by atoms with Gasteiger partial charge in [-0.2, -0.15) is 0 Å². The summed E-state index contributed by atoms with van der Waals surface area (Å²) in [6.07, 6.45) is 0.889. The maximum atomic E-state index is 5.81. The van der Waals surface area contributed by atoms with Crippen molar-refractivity contribution in [3.8, 4) is 0 Å². The average Bonchev–Trinajstić information content (AvgIpc) is 2.30. The number of halogens is 1. The van der Waals surface area contributed by atoms with Gasteiger partial charge in [0, 0.05) is 13.1 Å². The molecule has 1 heterocycles. The lowest BCUT2D eigenvalue weighted by atomic mass is 10.2. The second kappa shape index (κ2) is 3.32. The lowest BCUT2D eigenvalue weighted by molar-refractivity contribution is 0.596. The van der Waals surface area contributed by atoms with E-state index in [0.29, 0.717) is 0 Å². The molecule has 0 amide bonds. The Morgan fingerprint density at radius 1 is 1.73 bits per heavy atom. The van der Waals surface area contributed by atoms with E-state index in [1.807, 2.05) is 14.0 Å². The average molecular weight is 219 g/mol. The molecule has 62 valence electrons. The fourth-order valence-corrected chi connectivity index (χ4v) is 1.55. The normalized spacial score (nSPS) is 13.5. The van der Waals surface area contributed by atoms with Crippen LogP contribution in [-0.4, -0.2) is 15.0 Å². The Labute approximate surface area is 73.9 Å². The molecular weight excluding hydrogens is 208 g/mol. The first-order valence-corrected chi connectivity index (χ1v) is 4.26. The van der Waals surface area contributed by atoms with Gasteiger partial charge < -0.3 is 5.73 Å².